The molecule has 0 radical (unpaired) electrons. The van der Waals surface area contributed by atoms with Crippen LogP contribution in [0, 0.1) is 0 Å². The molecule has 2 atom stereocenters. The summed E-state index contributed by atoms with van der Waals surface area (Å²) in [5.74, 6) is 0. The molecular weight excluding hydrogens is 214 g/mol. The highest BCUT2D eigenvalue weighted by atomic mass is 35.5. The van der Waals surface area contributed by atoms with Gasteiger partial charge in [0, 0.05) is 19.3 Å². The molecule has 0 aromatic carbocycles. The molecule has 2 unspecified atom stereocenters. The van der Waals surface area contributed by atoms with Crippen LogP contribution in [0.5, 0.6) is 0 Å². The van der Waals surface area contributed by atoms with Gasteiger partial charge in [0.15, 0.2) is 0 Å². The SMILES string of the molecule is CC(Cl)c1cn(CCC2CCCO2)nn1. The van der Waals surface area contributed by atoms with Crippen molar-refractivity contribution in [3.05, 3.63) is 11.9 Å². The topological polar surface area (TPSA) is 39.9 Å². The quantitative estimate of drug-likeness (QED) is 0.743. The Bertz CT molecular complexity index is 307. The molecular formula is C10H16ClN3O. The highest BCUT2D eigenvalue weighted by Crippen LogP contribution is 2.17. The molecule has 1 aliphatic heterocycles. The fourth-order valence-electron chi connectivity index (χ4n) is 1.75. The van der Waals surface area contributed by atoms with Crippen LogP contribution in [0.15, 0.2) is 6.20 Å². The summed E-state index contributed by atoms with van der Waals surface area (Å²) in [6.07, 6.45) is 5.69. The zero-order chi connectivity index (χ0) is 10.7. The summed E-state index contributed by atoms with van der Waals surface area (Å²) in [6.45, 7) is 3.67. The molecule has 2 heterocycles. The summed E-state index contributed by atoms with van der Waals surface area (Å²) < 4.78 is 7.38. The van der Waals surface area contributed by atoms with Crippen LogP contribution in [0.3, 0.4) is 0 Å². The average Bonchev–Trinajstić information content (AvgIpc) is 2.86. The first-order chi connectivity index (χ1) is 7.25. The normalized spacial score (nSPS) is 23.2. The summed E-state index contributed by atoms with van der Waals surface area (Å²) in [6, 6.07) is 0. The first kappa shape index (κ1) is 10.9. The smallest absolute Gasteiger partial charge is 0.100 e. The number of ether oxygens (including phenoxy) is 1. The molecule has 2 rings (SSSR count). The van der Waals surface area contributed by atoms with Gasteiger partial charge in [-0.15, -0.1) is 16.7 Å². The van der Waals surface area contributed by atoms with E-state index in [4.69, 9.17) is 16.3 Å². The number of rotatable bonds is 4. The maximum absolute atomic E-state index is 5.90. The molecule has 0 aliphatic carbocycles. The molecule has 4 nitrogen and oxygen atoms in total. The van der Waals surface area contributed by atoms with Crippen LogP contribution in [-0.2, 0) is 11.3 Å². The van der Waals surface area contributed by atoms with Crippen molar-refractivity contribution in [3.8, 4) is 0 Å². The molecule has 84 valence electrons. The van der Waals surface area contributed by atoms with Crippen molar-refractivity contribution >= 4 is 11.6 Å². The fraction of sp³-hybridized carbons (Fsp3) is 0.800. The molecule has 1 fully saturated rings. The minimum atomic E-state index is -0.0681. The van der Waals surface area contributed by atoms with E-state index < -0.39 is 0 Å². The van der Waals surface area contributed by atoms with Gasteiger partial charge in [-0.2, -0.15) is 0 Å². The van der Waals surface area contributed by atoms with E-state index in [-0.39, 0.29) is 5.38 Å². The van der Waals surface area contributed by atoms with Crippen LogP contribution in [-0.4, -0.2) is 27.7 Å². The summed E-state index contributed by atoms with van der Waals surface area (Å²) in [7, 11) is 0. The van der Waals surface area contributed by atoms with Gasteiger partial charge in [0.2, 0.25) is 0 Å². The van der Waals surface area contributed by atoms with E-state index in [1.807, 2.05) is 17.8 Å². The lowest BCUT2D eigenvalue weighted by Gasteiger charge is -2.07. The summed E-state index contributed by atoms with van der Waals surface area (Å²) in [5.41, 5.74) is 0.837. The van der Waals surface area contributed by atoms with E-state index in [9.17, 15) is 0 Å². The van der Waals surface area contributed by atoms with Gasteiger partial charge in [-0.05, 0) is 26.2 Å². The number of hydrogen-bond acceptors (Lipinski definition) is 3. The Morgan fingerprint density at radius 2 is 2.60 bits per heavy atom. The largest absolute Gasteiger partial charge is 0.378 e. The monoisotopic (exact) mass is 229 g/mol. The molecule has 1 aromatic heterocycles. The number of alkyl halides is 1. The van der Waals surface area contributed by atoms with Crippen LogP contribution in [0.4, 0.5) is 0 Å². The molecule has 0 bridgehead atoms. The van der Waals surface area contributed by atoms with Crippen LogP contribution in [0.2, 0.25) is 0 Å². The second kappa shape index (κ2) is 4.94. The van der Waals surface area contributed by atoms with Crippen molar-refractivity contribution in [1.29, 1.82) is 0 Å². The number of nitrogens with zero attached hydrogens (tertiary/aromatic N) is 3. The molecule has 1 aromatic rings. The van der Waals surface area contributed by atoms with Gasteiger partial charge in [-0.1, -0.05) is 5.21 Å². The summed E-state index contributed by atoms with van der Waals surface area (Å²) in [5, 5.41) is 7.96. The molecule has 15 heavy (non-hydrogen) atoms. The minimum absolute atomic E-state index is 0.0681. The van der Waals surface area contributed by atoms with Crippen molar-refractivity contribution in [1.82, 2.24) is 15.0 Å². The molecule has 1 aliphatic rings. The molecule has 1 saturated heterocycles. The Kier molecular flexibility index (Phi) is 3.59. The van der Waals surface area contributed by atoms with Gasteiger partial charge in [0.25, 0.3) is 0 Å². The maximum Gasteiger partial charge on any atom is 0.100 e. The van der Waals surface area contributed by atoms with E-state index in [0.717, 1.165) is 25.3 Å². The van der Waals surface area contributed by atoms with Gasteiger partial charge in [0.05, 0.1) is 11.5 Å². The first-order valence-corrected chi connectivity index (χ1v) is 5.85. The van der Waals surface area contributed by atoms with Crippen molar-refractivity contribution in [2.75, 3.05) is 6.61 Å². The van der Waals surface area contributed by atoms with Crippen molar-refractivity contribution in [2.45, 2.75) is 44.2 Å². The Balaban J connectivity index is 1.82. The van der Waals surface area contributed by atoms with Gasteiger partial charge in [-0.3, -0.25) is 4.68 Å². The third-order valence-electron chi connectivity index (χ3n) is 2.67. The van der Waals surface area contributed by atoms with Gasteiger partial charge in [-0.25, -0.2) is 0 Å². The van der Waals surface area contributed by atoms with Gasteiger partial charge >= 0.3 is 0 Å². The standard InChI is InChI=1S/C10H16ClN3O/c1-8(11)10-7-14(13-12-10)5-4-9-3-2-6-15-9/h7-9H,2-6H2,1H3. The second-order valence-electron chi connectivity index (χ2n) is 3.95. The van der Waals surface area contributed by atoms with Crippen molar-refractivity contribution in [3.63, 3.8) is 0 Å². The lowest BCUT2D eigenvalue weighted by atomic mass is 10.2. The van der Waals surface area contributed by atoms with Gasteiger partial charge < -0.3 is 4.74 Å². The average molecular weight is 230 g/mol. The Hall–Kier alpha value is -0.610. The van der Waals surface area contributed by atoms with Crippen molar-refractivity contribution in [2.24, 2.45) is 0 Å². The van der Waals surface area contributed by atoms with E-state index >= 15 is 0 Å². The Morgan fingerprint density at radius 1 is 1.73 bits per heavy atom. The maximum atomic E-state index is 5.90. The van der Waals surface area contributed by atoms with E-state index in [0.29, 0.717) is 6.10 Å². The second-order valence-corrected chi connectivity index (χ2v) is 4.60. The molecule has 0 saturated carbocycles. The molecule has 0 N–H and O–H groups in total. The van der Waals surface area contributed by atoms with Crippen molar-refractivity contribution < 1.29 is 4.74 Å². The minimum Gasteiger partial charge on any atom is -0.378 e. The van der Waals surface area contributed by atoms with Gasteiger partial charge in [0.1, 0.15) is 5.69 Å². The lowest BCUT2D eigenvalue weighted by Crippen LogP contribution is -2.10. The summed E-state index contributed by atoms with van der Waals surface area (Å²) >= 11 is 5.90. The predicted octanol–water partition coefficient (Wildman–Crippen LogP) is 2.15. The highest BCUT2D eigenvalue weighted by molar-refractivity contribution is 6.20. The number of halogens is 1. The summed E-state index contributed by atoms with van der Waals surface area (Å²) in [4.78, 5) is 0. The van der Waals surface area contributed by atoms with Crippen LogP contribution in [0.25, 0.3) is 0 Å². The fourth-order valence-corrected chi connectivity index (χ4v) is 1.85. The number of hydrogen-bond donors (Lipinski definition) is 0. The molecule has 0 amide bonds. The zero-order valence-electron chi connectivity index (χ0n) is 8.90. The first-order valence-electron chi connectivity index (χ1n) is 5.41. The van der Waals surface area contributed by atoms with Crippen LogP contribution >= 0.6 is 11.6 Å². The predicted molar refractivity (Wildman–Crippen MR) is 57.9 cm³/mol. The Morgan fingerprint density at radius 3 is 3.20 bits per heavy atom. The lowest BCUT2D eigenvalue weighted by molar-refractivity contribution is 0.0993. The van der Waals surface area contributed by atoms with Crippen LogP contribution in [0.1, 0.15) is 37.3 Å². The van der Waals surface area contributed by atoms with E-state index in [1.165, 1.54) is 12.8 Å². The zero-order valence-corrected chi connectivity index (χ0v) is 9.65. The number of aryl methyl sites for hydroxylation is 1. The third kappa shape index (κ3) is 2.92. The third-order valence-corrected chi connectivity index (χ3v) is 2.89. The highest BCUT2D eigenvalue weighted by Gasteiger charge is 2.15. The molecule has 5 heteroatoms. The Labute approximate surface area is 94.6 Å². The van der Waals surface area contributed by atoms with E-state index in [2.05, 4.69) is 10.3 Å². The van der Waals surface area contributed by atoms with E-state index in [1.54, 1.807) is 0 Å². The number of aromatic nitrogens is 3. The van der Waals surface area contributed by atoms with Crippen LogP contribution < -0.4 is 0 Å². The molecule has 0 spiro atoms.